The highest BCUT2D eigenvalue weighted by molar-refractivity contribution is 9.10. The standard InChI is InChI=1S/C13H23BrN4/c1-4-18-12(13(14)10(2)16-18)8-15-7-11-5-6-17(3)9-11/h11,15H,4-9H2,1-3H3. The average Bonchev–Trinajstić information content (AvgIpc) is 2.87. The van der Waals surface area contributed by atoms with E-state index in [0.717, 1.165) is 35.7 Å². The Balaban J connectivity index is 1.86. The molecule has 0 aliphatic carbocycles. The second kappa shape index (κ2) is 6.17. The maximum atomic E-state index is 4.51. The summed E-state index contributed by atoms with van der Waals surface area (Å²) in [5, 5.41) is 8.09. The summed E-state index contributed by atoms with van der Waals surface area (Å²) in [5.41, 5.74) is 2.34. The number of hydrogen-bond acceptors (Lipinski definition) is 3. The van der Waals surface area contributed by atoms with Gasteiger partial charge in [-0.3, -0.25) is 4.68 Å². The zero-order chi connectivity index (χ0) is 13.1. The van der Waals surface area contributed by atoms with Crippen LogP contribution in [-0.2, 0) is 13.1 Å². The van der Waals surface area contributed by atoms with Crippen LogP contribution in [0.1, 0.15) is 24.7 Å². The molecule has 0 radical (unpaired) electrons. The van der Waals surface area contributed by atoms with E-state index in [1.165, 1.54) is 25.2 Å². The fourth-order valence-electron chi connectivity index (χ4n) is 2.63. The first-order valence-electron chi connectivity index (χ1n) is 6.72. The van der Waals surface area contributed by atoms with Crippen LogP contribution >= 0.6 is 15.9 Å². The third-order valence-electron chi connectivity index (χ3n) is 3.67. The van der Waals surface area contributed by atoms with Crippen LogP contribution in [0.2, 0.25) is 0 Å². The predicted octanol–water partition coefficient (Wildman–Crippen LogP) is 2.02. The van der Waals surface area contributed by atoms with Crippen LogP contribution in [0.4, 0.5) is 0 Å². The van der Waals surface area contributed by atoms with Crippen LogP contribution < -0.4 is 5.32 Å². The summed E-state index contributed by atoms with van der Waals surface area (Å²) in [6.07, 6.45) is 1.32. The van der Waals surface area contributed by atoms with E-state index in [1.807, 2.05) is 6.92 Å². The van der Waals surface area contributed by atoms with E-state index >= 15 is 0 Å². The van der Waals surface area contributed by atoms with Crippen molar-refractivity contribution in [2.45, 2.75) is 33.4 Å². The van der Waals surface area contributed by atoms with Gasteiger partial charge in [-0.05, 0) is 62.3 Å². The number of nitrogens with one attached hydrogen (secondary N) is 1. The molecular weight excluding hydrogens is 292 g/mol. The summed E-state index contributed by atoms with van der Waals surface area (Å²) in [5.74, 6) is 0.799. The molecule has 5 heteroatoms. The molecule has 1 aliphatic rings. The minimum atomic E-state index is 0.799. The van der Waals surface area contributed by atoms with Crippen molar-refractivity contribution in [3.63, 3.8) is 0 Å². The Hall–Kier alpha value is -0.390. The number of aromatic nitrogens is 2. The zero-order valence-corrected chi connectivity index (χ0v) is 13.1. The third kappa shape index (κ3) is 3.13. The quantitative estimate of drug-likeness (QED) is 0.902. The molecule has 0 bridgehead atoms. The summed E-state index contributed by atoms with van der Waals surface area (Å²) < 4.78 is 3.23. The molecule has 0 saturated carbocycles. The van der Waals surface area contributed by atoms with E-state index in [0.29, 0.717) is 0 Å². The first-order chi connectivity index (χ1) is 8.61. The van der Waals surface area contributed by atoms with Gasteiger partial charge in [-0.15, -0.1) is 0 Å². The van der Waals surface area contributed by atoms with Crippen LogP contribution in [0.3, 0.4) is 0 Å². The lowest BCUT2D eigenvalue weighted by molar-refractivity contribution is 0.387. The normalized spacial score (nSPS) is 20.8. The molecular formula is C13H23BrN4. The van der Waals surface area contributed by atoms with Gasteiger partial charge in [0.15, 0.2) is 0 Å². The largest absolute Gasteiger partial charge is 0.311 e. The Bertz CT molecular complexity index is 402. The minimum absolute atomic E-state index is 0.799. The van der Waals surface area contributed by atoms with E-state index in [2.05, 4.69) is 49.9 Å². The van der Waals surface area contributed by atoms with Crippen molar-refractivity contribution in [3.8, 4) is 0 Å². The van der Waals surface area contributed by atoms with Gasteiger partial charge >= 0.3 is 0 Å². The number of likely N-dealkylation sites (tertiary alicyclic amines) is 1. The van der Waals surface area contributed by atoms with E-state index < -0.39 is 0 Å². The van der Waals surface area contributed by atoms with Crippen molar-refractivity contribution in [1.29, 1.82) is 0 Å². The van der Waals surface area contributed by atoms with Gasteiger partial charge in [-0.25, -0.2) is 0 Å². The Morgan fingerprint density at radius 3 is 2.89 bits per heavy atom. The smallest absolute Gasteiger partial charge is 0.0739 e. The fraction of sp³-hybridized carbons (Fsp3) is 0.769. The van der Waals surface area contributed by atoms with Crippen LogP contribution in [-0.4, -0.2) is 41.4 Å². The Kier molecular flexibility index (Phi) is 4.81. The van der Waals surface area contributed by atoms with Crippen molar-refractivity contribution < 1.29 is 0 Å². The summed E-state index contributed by atoms with van der Waals surface area (Å²) in [6, 6.07) is 0. The van der Waals surface area contributed by atoms with Crippen molar-refractivity contribution in [1.82, 2.24) is 20.0 Å². The van der Waals surface area contributed by atoms with Gasteiger partial charge < -0.3 is 10.2 Å². The zero-order valence-electron chi connectivity index (χ0n) is 11.5. The molecule has 0 aromatic carbocycles. The van der Waals surface area contributed by atoms with Crippen LogP contribution in [0.5, 0.6) is 0 Å². The van der Waals surface area contributed by atoms with E-state index in [-0.39, 0.29) is 0 Å². The second-order valence-corrected chi connectivity index (χ2v) is 6.00. The molecule has 1 N–H and O–H groups in total. The highest BCUT2D eigenvalue weighted by Crippen LogP contribution is 2.21. The molecule has 1 saturated heterocycles. The van der Waals surface area contributed by atoms with Crippen LogP contribution in [0.15, 0.2) is 4.47 Å². The summed E-state index contributed by atoms with van der Waals surface area (Å²) in [7, 11) is 2.20. The van der Waals surface area contributed by atoms with Gasteiger partial charge in [-0.2, -0.15) is 5.10 Å². The van der Waals surface area contributed by atoms with Gasteiger partial charge in [0.25, 0.3) is 0 Å². The molecule has 1 unspecified atom stereocenters. The molecule has 0 amide bonds. The summed E-state index contributed by atoms with van der Waals surface area (Å²) in [6.45, 7) is 9.57. The monoisotopic (exact) mass is 314 g/mol. The third-order valence-corrected chi connectivity index (χ3v) is 4.70. The predicted molar refractivity (Wildman–Crippen MR) is 77.6 cm³/mol. The molecule has 1 aromatic rings. The maximum absolute atomic E-state index is 4.51. The van der Waals surface area contributed by atoms with E-state index in [9.17, 15) is 0 Å². The van der Waals surface area contributed by atoms with Crippen molar-refractivity contribution >= 4 is 15.9 Å². The SMILES string of the molecule is CCn1nc(C)c(Br)c1CNCC1CCN(C)C1. The lowest BCUT2D eigenvalue weighted by Gasteiger charge is -2.12. The lowest BCUT2D eigenvalue weighted by atomic mass is 10.1. The van der Waals surface area contributed by atoms with E-state index in [1.54, 1.807) is 0 Å². The Morgan fingerprint density at radius 1 is 1.50 bits per heavy atom. The molecule has 18 heavy (non-hydrogen) atoms. The van der Waals surface area contributed by atoms with Crippen molar-refractivity contribution in [2.75, 3.05) is 26.7 Å². The molecule has 0 spiro atoms. The maximum Gasteiger partial charge on any atom is 0.0739 e. The topological polar surface area (TPSA) is 33.1 Å². The highest BCUT2D eigenvalue weighted by atomic mass is 79.9. The summed E-state index contributed by atoms with van der Waals surface area (Å²) in [4.78, 5) is 2.41. The van der Waals surface area contributed by atoms with Crippen LogP contribution in [0.25, 0.3) is 0 Å². The molecule has 102 valence electrons. The van der Waals surface area contributed by atoms with E-state index in [4.69, 9.17) is 0 Å². The van der Waals surface area contributed by atoms with Crippen molar-refractivity contribution in [2.24, 2.45) is 5.92 Å². The second-order valence-electron chi connectivity index (χ2n) is 5.21. The molecule has 2 heterocycles. The molecule has 4 nitrogen and oxygen atoms in total. The number of halogens is 1. The van der Waals surface area contributed by atoms with Gasteiger partial charge in [0.2, 0.25) is 0 Å². The van der Waals surface area contributed by atoms with Crippen LogP contribution in [0, 0.1) is 12.8 Å². The highest BCUT2D eigenvalue weighted by Gasteiger charge is 2.19. The van der Waals surface area contributed by atoms with Gasteiger partial charge in [0.1, 0.15) is 0 Å². The number of aryl methyl sites for hydroxylation is 2. The van der Waals surface area contributed by atoms with Gasteiger partial charge in [-0.1, -0.05) is 0 Å². The first-order valence-corrected chi connectivity index (χ1v) is 7.52. The molecule has 1 aromatic heterocycles. The Labute approximate surface area is 118 Å². The van der Waals surface area contributed by atoms with Crippen molar-refractivity contribution in [3.05, 3.63) is 15.9 Å². The van der Waals surface area contributed by atoms with Gasteiger partial charge in [0, 0.05) is 19.6 Å². The number of rotatable bonds is 5. The number of nitrogens with zero attached hydrogens (tertiary/aromatic N) is 3. The first kappa shape index (κ1) is 14.0. The summed E-state index contributed by atoms with van der Waals surface area (Å²) >= 11 is 3.63. The fourth-order valence-corrected chi connectivity index (χ4v) is 3.05. The average molecular weight is 315 g/mol. The molecule has 1 atom stereocenters. The molecule has 1 fully saturated rings. The number of hydrogen-bond donors (Lipinski definition) is 1. The lowest BCUT2D eigenvalue weighted by Crippen LogP contribution is -2.25. The molecule has 2 rings (SSSR count). The van der Waals surface area contributed by atoms with Gasteiger partial charge in [0.05, 0.1) is 15.9 Å². The Morgan fingerprint density at radius 2 is 2.28 bits per heavy atom. The minimum Gasteiger partial charge on any atom is -0.311 e. The molecule has 1 aliphatic heterocycles.